The molecule has 0 saturated carbocycles. The van der Waals surface area contributed by atoms with Gasteiger partial charge in [0.1, 0.15) is 5.75 Å². The summed E-state index contributed by atoms with van der Waals surface area (Å²) in [6, 6.07) is 5.22. The van der Waals surface area contributed by atoms with Crippen LogP contribution in [0.1, 0.15) is 30.6 Å². The molecule has 2 N–H and O–H groups in total. The number of nitrogens with two attached hydrogens (primary N) is 1. The minimum Gasteiger partial charge on any atom is -0.489 e. The van der Waals surface area contributed by atoms with E-state index in [4.69, 9.17) is 19.9 Å². The van der Waals surface area contributed by atoms with Crippen LogP contribution in [-0.2, 0) is 9.47 Å². The van der Waals surface area contributed by atoms with E-state index < -0.39 is 0 Å². The first-order valence-electron chi connectivity index (χ1n) is 8.27. The van der Waals surface area contributed by atoms with Crippen molar-refractivity contribution in [2.45, 2.75) is 26.4 Å². The highest BCUT2D eigenvalue weighted by Gasteiger charge is 2.12. The third kappa shape index (κ3) is 7.29. The van der Waals surface area contributed by atoms with Gasteiger partial charge in [0.25, 0.3) is 0 Å². The smallest absolute Gasteiger partial charge is 0.164 e. The largest absolute Gasteiger partial charge is 0.489 e. The molecule has 0 amide bonds. The van der Waals surface area contributed by atoms with Crippen LogP contribution in [0, 0.1) is 0 Å². The zero-order valence-electron chi connectivity index (χ0n) is 15.2. The summed E-state index contributed by atoms with van der Waals surface area (Å²) in [4.78, 5) is 14.6. The minimum atomic E-state index is 0.0454. The van der Waals surface area contributed by atoms with Crippen LogP contribution < -0.4 is 10.5 Å². The molecule has 0 saturated heterocycles. The van der Waals surface area contributed by atoms with Crippen molar-refractivity contribution >= 4 is 11.5 Å². The molecule has 0 spiro atoms. The lowest BCUT2D eigenvalue weighted by molar-refractivity contribution is 0.0911. The Labute approximate surface area is 144 Å². The fraction of sp³-hybridized carbons (Fsp3) is 0.611. The molecule has 1 aromatic rings. The maximum absolute atomic E-state index is 12.4. The Hall–Kier alpha value is -1.63. The SMILES string of the molecule is COCCN(CCOC)CCC(=O)c1ccc(OC(C)C)c(N)c1. The maximum atomic E-state index is 12.4. The van der Waals surface area contributed by atoms with Crippen LogP contribution >= 0.6 is 0 Å². The third-order valence-electron chi connectivity index (χ3n) is 3.57. The molecular weight excluding hydrogens is 308 g/mol. The summed E-state index contributed by atoms with van der Waals surface area (Å²) >= 11 is 0. The third-order valence-corrected chi connectivity index (χ3v) is 3.57. The van der Waals surface area contributed by atoms with E-state index in [0.29, 0.717) is 43.2 Å². The van der Waals surface area contributed by atoms with E-state index in [2.05, 4.69) is 4.90 Å². The van der Waals surface area contributed by atoms with E-state index in [-0.39, 0.29) is 11.9 Å². The van der Waals surface area contributed by atoms with E-state index in [1.165, 1.54) is 0 Å². The Balaban J connectivity index is 2.60. The summed E-state index contributed by atoms with van der Waals surface area (Å²) in [6.45, 7) is 7.35. The number of rotatable bonds is 12. The van der Waals surface area contributed by atoms with Gasteiger partial charge in [0.2, 0.25) is 0 Å². The number of hydrogen-bond acceptors (Lipinski definition) is 6. The van der Waals surface area contributed by atoms with Crippen molar-refractivity contribution in [1.29, 1.82) is 0 Å². The highest BCUT2D eigenvalue weighted by atomic mass is 16.5. The topological polar surface area (TPSA) is 74.0 Å². The number of Topliss-reactive ketones (excluding diaryl/α,β-unsaturated/α-hetero) is 1. The normalized spacial score (nSPS) is 11.2. The highest BCUT2D eigenvalue weighted by Crippen LogP contribution is 2.24. The van der Waals surface area contributed by atoms with Gasteiger partial charge in [0.15, 0.2) is 5.78 Å². The van der Waals surface area contributed by atoms with Crippen molar-refractivity contribution < 1.29 is 19.0 Å². The summed E-state index contributed by atoms with van der Waals surface area (Å²) in [5, 5.41) is 0. The van der Waals surface area contributed by atoms with E-state index >= 15 is 0 Å². The van der Waals surface area contributed by atoms with Crippen LogP contribution in [0.2, 0.25) is 0 Å². The number of carbonyl (C=O) groups excluding carboxylic acids is 1. The molecule has 0 aliphatic rings. The average molecular weight is 338 g/mol. The van der Waals surface area contributed by atoms with Crippen molar-refractivity contribution in [2.24, 2.45) is 0 Å². The van der Waals surface area contributed by atoms with E-state index in [1.807, 2.05) is 13.8 Å². The van der Waals surface area contributed by atoms with Gasteiger partial charge in [-0.2, -0.15) is 0 Å². The van der Waals surface area contributed by atoms with Gasteiger partial charge in [0.05, 0.1) is 25.0 Å². The molecule has 0 atom stereocenters. The van der Waals surface area contributed by atoms with Gasteiger partial charge in [-0.3, -0.25) is 9.69 Å². The molecule has 0 heterocycles. The maximum Gasteiger partial charge on any atom is 0.164 e. The number of nitrogens with zero attached hydrogens (tertiary/aromatic N) is 1. The highest BCUT2D eigenvalue weighted by molar-refractivity contribution is 5.97. The molecule has 6 nitrogen and oxygen atoms in total. The predicted molar refractivity (Wildman–Crippen MR) is 95.8 cm³/mol. The van der Waals surface area contributed by atoms with Gasteiger partial charge in [-0.1, -0.05) is 0 Å². The van der Waals surface area contributed by atoms with Crippen molar-refractivity contribution in [3.8, 4) is 5.75 Å². The van der Waals surface area contributed by atoms with Gasteiger partial charge in [-0.25, -0.2) is 0 Å². The van der Waals surface area contributed by atoms with Crippen LogP contribution in [-0.4, -0.2) is 63.9 Å². The monoisotopic (exact) mass is 338 g/mol. The number of methoxy groups -OCH3 is 2. The van der Waals surface area contributed by atoms with Gasteiger partial charge in [-0.05, 0) is 32.0 Å². The van der Waals surface area contributed by atoms with Gasteiger partial charge < -0.3 is 19.9 Å². The lowest BCUT2D eigenvalue weighted by Gasteiger charge is -2.21. The summed E-state index contributed by atoms with van der Waals surface area (Å²) < 4.78 is 15.8. The fourth-order valence-electron chi connectivity index (χ4n) is 2.26. The number of carbonyl (C=O) groups is 1. The number of ether oxygens (including phenoxy) is 3. The molecular formula is C18H30N2O4. The van der Waals surface area contributed by atoms with Gasteiger partial charge in [0, 0.05) is 45.8 Å². The molecule has 136 valence electrons. The molecule has 0 aliphatic carbocycles. The lowest BCUT2D eigenvalue weighted by atomic mass is 10.1. The minimum absolute atomic E-state index is 0.0454. The van der Waals surface area contributed by atoms with Crippen LogP contribution in [0.25, 0.3) is 0 Å². The number of anilines is 1. The zero-order valence-corrected chi connectivity index (χ0v) is 15.2. The molecule has 1 rings (SSSR count). The molecule has 1 aromatic carbocycles. The number of nitrogen functional groups attached to an aromatic ring is 1. The van der Waals surface area contributed by atoms with Gasteiger partial charge >= 0.3 is 0 Å². The van der Waals surface area contributed by atoms with Crippen molar-refractivity contribution in [3.63, 3.8) is 0 Å². The number of hydrogen-bond donors (Lipinski definition) is 1. The van der Waals surface area contributed by atoms with E-state index in [0.717, 1.165) is 13.1 Å². The number of benzene rings is 1. The first kappa shape index (κ1) is 20.4. The Morgan fingerprint density at radius 2 is 1.75 bits per heavy atom. The zero-order chi connectivity index (χ0) is 17.9. The Kier molecular flexibility index (Phi) is 9.37. The van der Waals surface area contributed by atoms with Crippen LogP contribution in [0.5, 0.6) is 5.75 Å². The van der Waals surface area contributed by atoms with Crippen molar-refractivity contribution in [3.05, 3.63) is 23.8 Å². The molecule has 6 heteroatoms. The standard InChI is InChI=1S/C18H30N2O4/c1-14(2)24-18-6-5-15(13-16(18)19)17(21)7-8-20(9-11-22-3)10-12-23-4/h5-6,13-14H,7-12,19H2,1-4H3. The van der Waals surface area contributed by atoms with Crippen molar-refractivity contribution in [2.75, 3.05) is 52.8 Å². The Morgan fingerprint density at radius 3 is 2.25 bits per heavy atom. The summed E-state index contributed by atoms with van der Waals surface area (Å²) in [5.74, 6) is 0.681. The fourth-order valence-corrected chi connectivity index (χ4v) is 2.26. The second-order valence-electron chi connectivity index (χ2n) is 5.92. The molecule has 0 radical (unpaired) electrons. The first-order chi connectivity index (χ1) is 11.5. The predicted octanol–water partition coefficient (Wildman–Crippen LogP) is 2.22. The van der Waals surface area contributed by atoms with Gasteiger partial charge in [-0.15, -0.1) is 0 Å². The Morgan fingerprint density at radius 1 is 1.12 bits per heavy atom. The molecule has 0 bridgehead atoms. The van der Waals surface area contributed by atoms with E-state index in [9.17, 15) is 4.79 Å². The Bertz CT molecular complexity index is 498. The average Bonchev–Trinajstić information content (AvgIpc) is 2.55. The summed E-state index contributed by atoms with van der Waals surface area (Å²) in [5.41, 5.74) is 7.08. The van der Waals surface area contributed by atoms with Crippen LogP contribution in [0.4, 0.5) is 5.69 Å². The van der Waals surface area contributed by atoms with Crippen molar-refractivity contribution in [1.82, 2.24) is 4.90 Å². The molecule has 0 aromatic heterocycles. The quantitative estimate of drug-likeness (QED) is 0.465. The first-order valence-corrected chi connectivity index (χ1v) is 8.27. The second-order valence-corrected chi connectivity index (χ2v) is 5.92. The number of ketones is 1. The van der Waals surface area contributed by atoms with Crippen LogP contribution in [0.15, 0.2) is 18.2 Å². The summed E-state index contributed by atoms with van der Waals surface area (Å²) in [7, 11) is 3.34. The second kappa shape index (κ2) is 11.0. The van der Waals surface area contributed by atoms with E-state index in [1.54, 1.807) is 32.4 Å². The molecule has 0 aliphatic heterocycles. The van der Waals surface area contributed by atoms with Crippen LogP contribution in [0.3, 0.4) is 0 Å². The lowest BCUT2D eigenvalue weighted by Crippen LogP contribution is -2.32. The molecule has 0 fully saturated rings. The molecule has 24 heavy (non-hydrogen) atoms. The molecule has 0 unspecified atom stereocenters. The summed E-state index contributed by atoms with van der Waals surface area (Å²) in [6.07, 6.45) is 0.473.